The first-order valence-electron chi connectivity index (χ1n) is 11.9. The predicted octanol–water partition coefficient (Wildman–Crippen LogP) is 5.54. The molecule has 1 N–H and O–H groups in total. The van der Waals surface area contributed by atoms with E-state index in [2.05, 4.69) is 32.2 Å². The molecular formula is C26H35NO5SSi. The fraction of sp³-hybridized carbons (Fsp3) is 0.423. The van der Waals surface area contributed by atoms with Crippen LogP contribution in [0.3, 0.4) is 0 Å². The van der Waals surface area contributed by atoms with E-state index in [0.717, 1.165) is 32.7 Å². The van der Waals surface area contributed by atoms with Gasteiger partial charge in [0.2, 0.25) is 0 Å². The second kappa shape index (κ2) is 11.9. The van der Waals surface area contributed by atoms with E-state index in [4.69, 9.17) is 18.0 Å². The van der Waals surface area contributed by atoms with Gasteiger partial charge in [-0.3, -0.25) is 0 Å². The van der Waals surface area contributed by atoms with Crippen LogP contribution < -0.4 is 10.5 Å². The van der Waals surface area contributed by atoms with E-state index in [9.17, 15) is 4.79 Å². The molecule has 0 amide bonds. The Labute approximate surface area is 207 Å². The summed E-state index contributed by atoms with van der Waals surface area (Å²) in [6, 6.07) is 10.0. The van der Waals surface area contributed by atoms with Gasteiger partial charge in [-0.25, -0.2) is 4.79 Å². The van der Waals surface area contributed by atoms with Crippen molar-refractivity contribution in [1.29, 1.82) is 0 Å². The van der Waals surface area contributed by atoms with E-state index < -0.39 is 8.80 Å². The van der Waals surface area contributed by atoms with Crippen molar-refractivity contribution in [3.63, 3.8) is 0 Å². The molecule has 184 valence electrons. The smallest absolute Gasteiger partial charge is 0.422 e. The number of anilines is 1. The van der Waals surface area contributed by atoms with E-state index >= 15 is 0 Å². The van der Waals surface area contributed by atoms with Crippen molar-refractivity contribution in [3.05, 3.63) is 58.0 Å². The standard InChI is InChI=1S/C26H35NO5SSi/c1-7-27-25-14-12-21(33-25)15-20-17-23(32-26(20)28)19-11-13-24(22(16-19)18(5)6)34(29-8-2,30-9-3)31-10-4/h11-18,27H,7-10H2,1-6H3/b20-15-. The molecule has 1 aliphatic heterocycles. The maximum atomic E-state index is 12.6. The van der Waals surface area contributed by atoms with Gasteiger partial charge in [-0.1, -0.05) is 26.0 Å². The van der Waals surface area contributed by atoms with Gasteiger partial charge in [0, 0.05) is 42.0 Å². The summed E-state index contributed by atoms with van der Waals surface area (Å²) in [6.07, 6.45) is 3.68. The van der Waals surface area contributed by atoms with Crippen LogP contribution >= 0.6 is 11.3 Å². The van der Waals surface area contributed by atoms with Crippen molar-refractivity contribution >= 4 is 48.1 Å². The molecule has 0 unspecified atom stereocenters. The van der Waals surface area contributed by atoms with Crippen LogP contribution in [0.15, 0.2) is 42.0 Å². The Morgan fingerprint density at radius 3 is 2.29 bits per heavy atom. The van der Waals surface area contributed by atoms with Crippen molar-refractivity contribution in [1.82, 2.24) is 0 Å². The van der Waals surface area contributed by atoms with Crippen molar-refractivity contribution < 1.29 is 22.8 Å². The normalized spacial score (nSPS) is 15.2. The van der Waals surface area contributed by atoms with Crippen LogP contribution in [0.25, 0.3) is 11.8 Å². The maximum Gasteiger partial charge on any atom is 0.537 e. The van der Waals surface area contributed by atoms with Crippen LogP contribution in [-0.4, -0.2) is 41.1 Å². The van der Waals surface area contributed by atoms with Gasteiger partial charge in [-0.2, -0.15) is 0 Å². The van der Waals surface area contributed by atoms with Gasteiger partial charge in [0.05, 0.1) is 10.6 Å². The molecule has 0 atom stereocenters. The molecule has 0 aliphatic carbocycles. The zero-order chi connectivity index (χ0) is 24.7. The summed E-state index contributed by atoms with van der Waals surface area (Å²) in [5, 5.41) is 5.33. The number of benzene rings is 1. The third kappa shape index (κ3) is 5.87. The number of hydrogen-bond donors (Lipinski definition) is 1. The number of carbonyl (C=O) groups excluding carboxylic acids is 1. The van der Waals surface area contributed by atoms with Gasteiger partial charge < -0.3 is 23.3 Å². The summed E-state index contributed by atoms with van der Waals surface area (Å²) in [4.78, 5) is 13.6. The molecule has 1 aromatic heterocycles. The molecule has 0 saturated heterocycles. The first-order valence-corrected chi connectivity index (χ1v) is 14.5. The lowest BCUT2D eigenvalue weighted by Gasteiger charge is -2.31. The predicted molar refractivity (Wildman–Crippen MR) is 141 cm³/mol. The largest absolute Gasteiger partial charge is 0.537 e. The monoisotopic (exact) mass is 501 g/mol. The van der Waals surface area contributed by atoms with E-state index in [0.29, 0.717) is 31.2 Å². The van der Waals surface area contributed by atoms with Crippen LogP contribution in [0.4, 0.5) is 5.00 Å². The second-order valence-corrected chi connectivity index (χ2v) is 11.7. The van der Waals surface area contributed by atoms with Gasteiger partial charge in [0.25, 0.3) is 0 Å². The molecule has 2 aromatic rings. The fourth-order valence-electron chi connectivity index (χ4n) is 3.88. The number of nitrogens with one attached hydrogen (secondary N) is 1. The zero-order valence-corrected chi connectivity index (χ0v) is 22.7. The number of rotatable bonds is 12. The molecule has 0 saturated carbocycles. The molecule has 3 rings (SSSR count). The Hall–Kier alpha value is -2.23. The maximum absolute atomic E-state index is 12.6. The number of esters is 1. The molecule has 1 aromatic carbocycles. The number of thiophene rings is 1. The molecule has 2 heterocycles. The summed E-state index contributed by atoms with van der Waals surface area (Å²) in [5.41, 5.74) is 2.45. The fourth-order valence-corrected chi connectivity index (χ4v) is 7.67. The van der Waals surface area contributed by atoms with Crippen molar-refractivity contribution in [3.8, 4) is 0 Å². The Morgan fingerprint density at radius 2 is 1.71 bits per heavy atom. The van der Waals surface area contributed by atoms with E-state index in [1.54, 1.807) is 11.3 Å². The van der Waals surface area contributed by atoms with Gasteiger partial charge in [0.15, 0.2) is 0 Å². The van der Waals surface area contributed by atoms with Gasteiger partial charge in [-0.05, 0) is 69.5 Å². The second-order valence-electron chi connectivity index (χ2n) is 8.04. The highest BCUT2D eigenvalue weighted by Gasteiger charge is 2.45. The Balaban J connectivity index is 1.99. The van der Waals surface area contributed by atoms with Crippen LogP contribution in [-0.2, 0) is 22.8 Å². The summed E-state index contributed by atoms with van der Waals surface area (Å²) < 4.78 is 24.1. The highest BCUT2D eigenvalue weighted by Crippen LogP contribution is 2.31. The minimum atomic E-state index is -3.07. The molecule has 1 aliphatic rings. The third-order valence-electron chi connectivity index (χ3n) is 5.29. The van der Waals surface area contributed by atoms with Crippen LogP contribution in [0.2, 0.25) is 0 Å². The van der Waals surface area contributed by atoms with Crippen LogP contribution in [0.1, 0.15) is 63.5 Å². The quantitative estimate of drug-likeness (QED) is 0.234. The van der Waals surface area contributed by atoms with Crippen molar-refractivity contribution in [2.45, 2.75) is 47.5 Å². The van der Waals surface area contributed by atoms with Crippen LogP contribution in [0.5, 0.6) is 0 Å². The summed E-state index contributed by atoms with van der Waals surface area (Å²) in [7, 11) is -3.07. The third-order valence-corrected chi connectivity index (χ3v) is 9.40. The Bertz CT molecular complexity index is 1040. The molecule has 0 fully saturated rings. The van der Waals surface area contributed by atoms with E-state index in [1.165, 1.54) is 0 Å². The Morgan fingerprint density at radius 1 is 1.03 bits per heavy atom. The lowest BCUT2D eigenvalue weighted by molar-refractivity contribution is -0.130. The van der Waals surface area contributed by atoms with Gasteiger partial charge in [0.1, 0.15) is 5.76 Å². The lowest BCUT2D eigenvalue weighted by Crippen LogP contribution is -2.58. The summed E-state index contributed by atoms with van der Waals surface area (Å²) >= 11 is 1.61. The highest BCUT2D eigenvalue weighted by atomic mass is 32.1. The van der Waals surface area contributed by atoms with E-state index in [-0.39, 0.29) is 11.9 Å². The average molecular weight is 502 g/mol. The summed E-state index contributed by atoms with van der Waals surface area (Å²) in [5.74, 6) is 0.404. The highest BCUT2D eigenvalue weighted by molar-refractivity contribution is 7.16. The molecular weight excluding hydrogens is 466 g/mol. The molecule has 0 spiro atoms. The molecule has 8 heteroatoms. The van der Waals surface area contributed by atoms with Gasteiger partial charge >= 0.3 is 14.8 Å². The number of ether oxygens (including phenoxy) is 1. The first kappa shape index (κ1) is 26.4. The van der Waals surface area contributed by atoms with Crippen LogP contribution in [0, 0.1) is 0 Å². The molecule has 0 bridgehead atoms. The molecule has 0 radical (unpaired) electrons. The summed E-state index contributed by atoms with van der Waals surface area (Å²) in [6.45, 7) is 14.5. The number of cyclic esters (lactones) is 1. The minimum absolute atomic E-state index is 0.200. The number of hydrogen-bond acceptors (Lipinski definition) is 7. The SMILES string of the molecule is CCNc1ccc(/C=C2/C=C(c3ccc([Si](OCC)(OCC)OCC)c(C(C)C)c3)OC2=O)s1. The zero-order valence-electron chi connectivity index (χ0n) is 20.9. The van der Waals surface area contributed by atoms with Gasteiger partial charge in [-0.15, -0.1) is 11.3 Å². The molecule has 6 nitrogen and oxygen atoms in total. The van der Waals surface area contributed by atoms with E-state index in [1.807, 2.05) is 57.2 Å². The lowest BCUT2D eigenvalue weighted by atomic mass is 9.99. The molecule has 34 heavy (non-hydrogen) atoms. The Kier molecular flexibility index (Phi) is 9.27. The van der Waals surface area contributed by atoms with Crippen molar-refractivity contribution in [2.75, 3.05) is 31.7 Å². The minimum Gasteiger partial charge on any atom is -0.422 e. The number of carbonyl (C=O) groups is 1. The average Bonchev–Trinajstić information content (AvgIpc) is 3.40. The van der Waals surface area contributed by atoms with Crippen molar-refractivity contribution in [2.24, 2.45) is 0 Å². The first-order chi connectivity index (χ1) is 16.4. The topological polar surface area (TPSA) is 66.0 Å².